The van der Waals surface area contributed by atoms with Crippen LogP contribution in [0.15, 0.2) is 29.2 Å². The summed E-state index contributed by atoms with van der Waals surface area (Å²) in [6, 6.07) is 8.34. The molecule has 3 heteroatoms. The van der Waals surface area contributed by atoms with E-state index in [-0.39, 0.29) is 0 Å². The number of hydrogen-bond donors (Lipinski definition) is 1. The van der Waals surface area contributed by atoms with Crippen LogP contribution >= 0.6 is 23.4 Å². The Labute approximate surface area is 101 Å². The van der Waals surface area contributed by atoms with Gasteiger partial charge in [0.2, 0.25) is 0 Å². The second-order valence-corrected chi connectivity index (χ2v) is 5.38. The van der Waals surface area contributed by atoms with E-state index in [9.17, 15) is 0 Å². The lowest BCUT2D eigenvalue weighted by Crippen LogP contribution is -2.13. The molecule has 0 amide bonds. The van der Waals surface area contributed by atoms with Crippen molar-refractivity contribution in [3.05, 3.63) is 29.3 Å². The van der Waals surface area contributed by atoms with Gasteiger partial charge in [0, 0.05) is 16.0 Å². The van der Waals surface area contributed by atoms with Crippen molar-refractivity contribution in [3.63, 3.8) is 0 Å². The zero-order valence-electron chi connectivity index (χ0n) is 9.08. The highest BCUT2D eigenvalue weighted by molar-refractivity contribution is 7.99. The highest BCUT2D eigenvalue weighted by Gasteiger charge is 1.97. The monoisotopic (exact) mass is 243 g/mol. The molecule has 0 fully saturated rings. The number of thioether (sulfide) groups is 1. The molecule has 0 aromatic heterocycles. The lowest BCUT2D eigenvalue weighted by Gasteiger charge is -2.04. The molecule has 1 rings (SSSR count). The average Bonchev–Trinajstić information content (AvgIpc) is 2.17. The number of rotatable bonds is 6. The van der Waals surface area contributed by atoms with Gasteiger partial charge in [-0.05, 0) is 43.7 Å². The molecule has 0 aliphatic carbocycles. The van der Waals surface area contributed by atoms with Gasteiger partial charge in [-0.2, -0.15) is 0 Å². The maximum atomic E-state index is 5.90. The summed E-state index contributed by atoms with van der Waals surface area (Å²) in [6.07, 6.45) is 3.56. The smallest absolute Gasteiger partial charge is 0.0417 e. The van der Waals surface area contributed by atoms with Crippen LogP contribution in [0.4, 0.5) is 0 Å². The zero-order valence-corrected chi connectivity index (χ0v) is 10.7. The van der Waals surface area contributed by atoms with Gasteiger partial charge in [0.25, 0.3) is 0 Å². The summed E-state index contributed by atoms with van der Waals surface area (Å²) >= 11 is 7.76. The highest BCUT2D eigenvalue weighted by Crippen LogP contribution is 2.22. The van der Waals surface area contributed by atoms with Crippen molar-refractivity contribution in [1.29, 1.82) is 0 Å². The van der Waals surface area contributed by atoms with E-state index in [1.54, 1.807) is 0 Å². The van der Waals surface area contributed by atoms with Crippen molar-refractivity contribution in [2.75, 3.05) is 5.75 Å². The first-order valence-electron chi connectivity index (χ1n) is 5.32. The molecule has 0 aliphatic heterocycles. The van der Waals surface area contributed by atoms with Gasteiger partial charge in [0.15, 0.2) is 0 Å². The van der Waals surface area contributed by atoms with Crippen molar-refractivity contribution < 1.29 is 0 Å². The van der Waals surface area contributed by atoms with Gasteiger partial charge in [-0.3, -0.25) is 0 Å². The Balaban J connectivity index is 2.15. The van der Waals surface area contributed by atoms with Crippen LogP contribution < -0.4 is 5.73 Å². The Morgan fingerprint density at radius 2 is 2.20 bits per heavy atom. The Hall–Kier alpha value is -0.180. The maximum absolute atomic E-state index is 5.90. The zero-order chi connectivity index (χ0) is 11.1. The first kappa shape index (κ1) is 12.9. The van der Waals surface area contributed by atoms with Crippen LogP contribution in [0.25, 0.3) is 0 Å². The highest BCUT2D eigenvalue weighted by atomic mass is 35.5. The van der Waals surface area contributed by atoms with Gasteiger partial charge in [-0.25, -0.2) is 0 Å². The number of benzene rings is 1. The second kappa shape index (κ2) is 7.15. The van der Waals surface area contributed by atoms with E-state index in [2.05, 4.69) is 13.0 Å². The molecule has 84 valence electrons. The molecule has 0 saturated heterocycles. The Kier molecular flexibility index (Phi) is 6.15. The summed E-state index contributed by atoms with van der Waals surface area (Å²) in [4.78, 5) is 1.25. The second-order valence-electron chi connectivity index (χ2n) is 3.78. The Bertz CT molecular complexity index is 289. The molecule has 1 aromatic carbocycles. The molecule has 1 unspecified atom stereocenters. The van der Waals surface area contributed by atoms with Gasteiger partial charge in [-0.15, -0.1) is 11.8 Å². The van der Waals surface area contributed by atoms with Crippen molar-refractivity contribution in [3.8, 4) is 0 Å². The van der Waals surface area contributed by atoms with Gasteiger partial charge >= 0.3 is 0 Å². The van der Waals surface area contributed by atoms with Crippen LogP contribution in [0.5, 0.6) is 0 Å². The molecule has 0 heterocycles. The first-order valence-corrected chi connectivity index (χ1v) is 6.69. The minimum atomic E-state index is 0.334. The predicted octanol–water partition coefficient (Wildman–Crippen LogP) is 3.95. The normalized spacial score (nSPS) is 12.7. The van der Waals surface area contributed by atoms with E-state index in [0.29, 0.717) is 6.04 Å². The largest absolute Gasteiger partial charge is 0.328 e. The third-order valence-electron chi connectivity index (χ3n) is 2.12. The standard InChI is InChI=1S/C12H18ClNS/c1-10(14)5-2-3-8-15-12-7-4-6-11(13)9-12/h4,6-7,9-10H,2-3,5,8,14H2,1H3. The van der Waals surface area contributed by atoms with Crippen LogP contribution in [-0.4, -0.2) is 11.8 Å². The van der Waals surface area contributed by atoms with E-state index < -0.39 is 0 Å². The fourth-order valence-electron chi connectivity index (χ4n) is 1.32. The predicted molar refractivity (Wildman–Crippen MR) is 69.7 cm³/mol. The van der Waals surface area contributed by atoms with E-state index in [1.165, 1.54) is 17.7 Å². The summed E-state index contributed by atoms with van der Waals surface area (Å²) in [6.45, 7) is 2.06. The topological polar surface area (TPSA) is 26.0 Å². The van der Waals surface area contributed by atoms with E-state index in [0.717, 1.165) is 17.2 Å². The summed E-state index contributed by atoms with van der Waals surface area (Å²) in [5.41, 5.74) is 5.68. The molecule has 1 nitrogen and oxygen atoms in total. The maximum Gasteiger partial charge on any atom is 0.0417 e. The van der Waals surface area contributed by atoms with Crippen molar-refractivity contribution in [2.45, 2.75) is 37.1 Å². The van der Waals surface area contributed by atoms with Crippen molar-refractivity contribution in [2.24, 2.45) is 5.73 Å². The minimum Gasteiger partial charge on any atom is -0.328 e. The van der Waals surface area contributed by atoms with Crippen LogP contribution in [0, 0.1) is 0 Å². The minimum absolute atomic E-state index is 0.334. The number of unbranched alkanes of at least 4 members (excludes halogenated alkanes) is 1. The fraction of sp³-hybridized carbons (Fsp3) is 0.500. The van der Waals surface area contributed by atoms with Crippen LogP contribution in [0.2, 0.25) is 5.02 Å². The number of halogens is 1. The molecular formula is C12H18ClNS. The summed E-state index contributed by atoms with van der Waals surface area (Å²) in [5, 5.41) is 0.815. The van der Waals surface area contributed by atoms with Gasteiger partial charge in [0.05, 0.1) is 0 Å². The average molecular weight is 244 g/mol. The quantitative estimate of drug-likeness (QED) is 0.605. The fourth-order valence-corrected chi connectivity index (χ4v) is 2.54. The third-order valence-corrected chi connectivity index (χ3v) is 3.43. The lowest BCUT2D eigenvalue weighted by molar-refractivity contribution is 0.618. The van der Waals surface area contributed by atoms with Gasteiger partial charge in [-0.1, -0.05) is 24.1 Å². The van der Waals surface area contributed by atoms with Crippen LogP contribution in [0.3, 0.4) is 0 Å². The molecule has 0 bridgehead atoms. The van der Waals surface area contributed by atoms with E-state index in [4.69, 9.17) is 17.3 Å². The Morgan fingerprint density at radius 3 is 2.87 bits per heavy atom. The number of hydrogen-bond acceptors (Lipinski definition) is 2. The van der Waals surface area contributed by atoms with E-state index >= 15 is 0 Å². The van der Waals surface area contributed by atoms with Gasteiger partial charge in [0.1, 0.15) is 0 Å². The molecule has 1 aromatic rings. The summed E-state index contributed by atoms with van der Waals surface area (Å²) in [7, 11) is 0. The van der Waals surface area contributed by atoms with E-state index in [1.807, 2.05) is 30.0 Å². The number of nitrogens with two attached hydrogens (primary N) is 1. The molecule has 0 aliphatic rings. The molecule has 0 radical (unpaired) electrons. The summed E-state index contributed by atoms with van der Waals surface area (Å²) < 4.78 is 0. The molecule has 0 saturated carbocycles. The molecule has 1 atom stereocenters. The van der Waals surface area contributed by atoms with Crippen molar-refractivity contribution in [1.82, 2.24) is 0 Å². The molecule has 2 N–H and O–H groups in total. The molecular weight excluding hydrogens is 226 g/mol. The Morgan fingerprint density at radius 1 is 1.40 bits per heavy atom. The molecule has 0 spiro atoms. The third kappa shape index (κ3) is 6.08. The SMILES string of the molecule is CC(N)CCCCSc1cccc(Cl)c1. The summed E-state index contributed by atoms with van der Waals surface area (Å²) in [5.74, 6) is 1.15. The molecule has 15 heavy (non-hydrogen) atoms. The lowest BCUT2D eigenvalue weighted by atomic mass is 10.2. The van der Waals surface area contributed by atoms with Crippen LogP contribution in [-0.2, 0) is 0 Å². The van der Waals surface area contributed by atoms with Crippen LogP contribution in [0.1, 0.15) is 26.2 Å². The first-order chi connectivity index (χ1) is 7.18. The van der Waals surface area contributed by atoms with Gasteiger partial charge < -0.3 is 5.73 Å². The van der Waals surface area contributed by atoms with Crippen molar-refractivity contribution >= 4 is 23.4 Å².